The fourth-order valence-corrected chi connectivity index (χ4v) is 6.74. The van der Waals surface area contributed by atoms with Crippen molar-refractivity contribution >= 4 is 5.91 Å². The first-order chi connectivity index (χ1) is 14.1. The number of nitrogens with one attached hydrogen (secondary N) is 3. The zero-order valence-electron chi connectivity index (χ0n) is 17.8. The van der Waals surface area contributed by atoms with Gasteiger partial charge in [0.25, 0.3) is 0 Å². The maximum atomic E-state index is 14.4. The predicted molar refractivity (Wildman–Crippen MR) is 111 cm³/mol. The topological polar surface area (TPSA) is 59.6 Å². The summed E-state index contributed by atoms with van der Waals surface area (Å²) in [5, 5.41) is 10.4. The van der Waals surface area contributed by atoms with Crippen molar-refractivity contribution in [3.63, 3.8) is 0 Å². The molecule has 5 aliphatic rings. The lowest BCUT2D eigenvalue weighted by molar-refractivity contribution is -0.124. The second-order valence-corrected chi connectivity index (χ2v) is 10.2. The van der Waals surface area contributed by atoms with Crippen LogP contribution in [0.4, 0.5) is 4.39 Å². The lowest BCUT2D eigenvalue weighted by Gasteiger charge is -2.44. The van der Waals surface area contributed by atoms with E-state index in [2.05, 4.69) is 32.7 Å². The Morgan fingerprint density at radius 2 is 1.93 bits per heavy atom. The number of carbonyl (C=O) groups excluding carboxylic acids is 1. The SMILES string of the molecule is CC1CCC(F)C2CC(C(=O)NC3CCCC(N4CCN5CCNC5C4)C3)NC12. The van der Waals surface area contributed by atoms with Gasteiger partial charge >= 0.3 is 0 Å². The van der Waals surface area contributed by atoms with E-state index < -0.39 is 6.17 Å². The Morgan fingerprint density at radius 3 is 2.79 bits per heavy atom. The van der Waals surface area contributed by atoms with E-state index in [4.69, 9.17) is 0 Å². The number of fused-ring (bicyclic) bond motifs is 2. The molecule has 0 radical (unpaired) electrons. The van der Waals surface area contributed by atoms with Crippen molar-refractivity contribution in [3.8, 4) is 0 Å². The van der Waals surface area contributed by atoms with Crippen LogP contribution in [-0.4, -0.2) is 84.9 Å². The van der Waals surface area contributed by atoms with Gasteiger partial charge in [-0.3, -0.25) is 19.9 Å². The van der Waals surface area contributed by atoms with Crippen LogP contribution >= 0.6 is 0 Å². The minimum atomic E-state index is -0.747. The zero-order chi connectivity index (χ0) is 20.0. The molecule has 29 heavy (non-hydrogen) atoms. The third kappa shape index (κ3) is 4.08. The molecule has 6 nitrogen and oxygen atoms in total. The van der Waals surface area contributed by atoms with Crippen molar-refractivity contribution in [3.05, 3.63) is 0 Å². The highest BCUT2D eigenvalue weighted by Gasteiger charge is 2.46. The van der Waals surface area contributed by atoms with Crippen LogP contribution < -0.4 is 16.0 Å². The van der Waals surface area contributed by atoms with Gasteiger partial charge in [0.2, 0.25) is 5.91 Å². The Bertz CT molecular complexity index is 588. The van der Waals surface area contributed by atoms with Gasteiger partial charge in [-0.25, -0.2) is 4.39 Å². The Morgan fingerprint density at radius 1 is 1.07 bits per heavy atom. The van der Waals surface area contributed by atoms with Crippen molar-refractivity contribution in [2.45, 2.75) is 88.4 Å². The number of nitrogens with zero attached hydrogens (tertiary/aromatic N) is 2. The fourth-order valence-electron chi connectivity index (χ4n) is 6.74. The van der Waals surface area contributed by atoms with Crippen LogP contribution in [0, 0.1) is 11.8 Å². The van der Waals surface area contributed by atoms with Crippen LogP contribution in [0.3, 0.4) is 0 Å². The Kier molecular flexibility index (Phi) is 5.84. The van der Waals surface area contributed by atoms with E-state index in [1.807, 2.05) is 0 Å². The highest BCUT2D eigenvalue weighted by Crippen LogP contribution is 2.38. The Hall–Kier alpha value is -0.760. The molecule has 2 aliphatic carbocycles. The first-order valence-electron chi connectivity index (χ1n) is 12.0. The number of halogens is 1. The van der Waals surface area contributed by atoms with Crippen molar-refractivity contribution in [1.82, 2.24) is 25.8 Å². The second kappa shape index (κ2) is 8.40. The average molecular weight is 408 g/mol. The molecule has 0 spiro atoms. The van der Waals surface area contributed by atoms with E-state index in [1.54, 1.807) is 0 Å². The lowest BCUT2D eigenvalue weighted by Crippen LogP contribution is -2.58. The molecule has 5 rings (SSSR count). The Labute approximate surface area is 174 Å². The maximum Gasteiger partial charge on any atom is 0.237 e. The summed E-state index contributed by atoms with van der Waals surface area (Å²) in [6.45, 7) is 7.89. The molecular formula is C22H38FN5O. The number of amides is 1. The molecule has 164 valence electrons. The molecule has 8 atom stereocenters. The normalized spacial score (nSPS) is 46.3. The number of hydrogen-bond acceptors (Lipinski definition) is 5. The van der Waals surface area contributed by atoms with E-state index >= 15 is 0 Å². The van der Waals surface area contributed by atoms with Gasteiger partial charge in [-0.1, -0.05) is 6.92 Å². The number of carbonyl (C=O) groups is 1. The minimum Gasteiger partial charge on any atom is -0.352 e. The standard InChI is InChI=1S/C22H38FN5O/c1-14-5-6-18(23)17-12-19(26-21(14)17)22(29)25-15-3-2-4-16(11-15)28-10-9-27-8-7-24-20(27)13-28/h14-21,24,26H,2-13H2,1H3,(H,25,29). The van der Waals surface area contributed by atoms with Crippen LogP contribution in [0.5, 0.6) is 0 Å². The monoisotopic (exact) mass is 407 g/mol. The van der Waals surface area contributed by atoms with E-state index in [0.29, 0.717) is 31.0 Å². The van der Waals surface area contributed by atoms with Crippen LogP contribution in [0.15, 0.2) is 0 Å². The molecular weight excluding hydrogens is 369 g/mol. The molecule has 2 saturated carbocycles. The van der Waals surface area contributed by atoms with Crippen molar-refractivity contribution < 1.29 is 9.18 Å². The van der Waals surface area contributed by atoms with E-state index in [0.717, 1.165) is 45.4 Å². The van der Waals surface area contributed by atoms with Gasteiger partial charge in [-0.2, -0.15) is 0 Å². The summed E-state index contributed by atoms with van der Waals surface area (Å²) >= 11 is 0. The third-order valence-corrected chi connectivity index (χ3v) is 8.47. The summed E-state index contributed by atoms with van der Waals surface area (Å²) in [5.41, 5.74) is 0. The Balaban J connectivity index is 1.14. The molecule has 7 heteroatoms. The van der Waals surface area contributed by atoms with Crippen molar-refractivity contribution in [2.24, 2.45) is 11.8 Å². The molecule has 8 unspecified atom stereocenters. The van der Waals surface area contributed by atoms with E-state index in [9.17, 15) is 9.18 Å². The van der Waals surface area contributed by atoms with Gasteiger partial charge in [0.05, 0.1) is 12.2 Å². The van der Waals surface area contributed by atoms with Gasteiger partial charge in [-0.05, 0) is 50.9 Å². The van der Waals surface area contributed by atoms with Crippen LogP contribution in [0.1, 0.15) is 51.9 Å². The van der Waals surface area contributed by atoms with Crippen LogP contribution in [0.2, 0.25) is 0 Å². The lowest BCUT2D eigenvalue weighted by atomic mass is 9.77. The number of piperazine rings is 1. The summed E-state index contributed by atoms with van der Waals surface area (Å²) in [5.74, 6) is 0.585. The zero-order valence-corrected chi connectivity index (χ0v) is 17.8. The first-order valence-corrected chi connectivity index (χ1v) is 12.0. The van der Waals surface area contributed by atoms with Gasteiger partial charge in [0.1, 0.15) is 6.17 Å². The quantitative estimate of drug-likeness (QED) is 0.654. The summed E-state index contributed by atoms with van der Waals surface area (Å²) in [4.78, 5) is 18.2. The highest BCUT2D eigenvalue weighted by atomic mass is 19.1. The predicted octanol–water partition coefficient (Wildman–Crippen LogP) is 1.08. The molecule has 0 aromatic carbocycles. The smallest absolute Gasteiger partial charge is 0.237 e. The molecule has 0 aromatic rings. The largest absolute Gasteiger partial charge is 0.352 e. The molecule has 5 fully saturated rings. The maximum absolute atomic E-state index is 14.4. The average Bonchev–Trinajstić information content (AvgIpc) is 3.38. The van der Waals surface area contributed by atoms with Gasteiger partial charge < -0.3 is 10.6 Å². The third-order valence-electron chi connectivity index (χ3n) is 8.47. The molecule has 3 heterocycles. The van der Waals surface area contributed by atoms with Crippen LogP contribution in [-0.2, 0) is 4.79 Å². The first kappa shape index (κ1) is 20.2. The summed E-state index contributed by atoms with van der Waals surface area (Å²) in [6, 6.07) is 0.797. The van der Waals surface area contributed by atoms with E-state index in [1.165, 1.54) is 19.4 Å². The summed E-state index contributed by atoms with van der Waals surface area (Å²) in [6.07, 6.45) is 6.57. The molecule has 3 aliphatic heterocycles. The molecule has 0 aromatic heterocycles. The molecule has 3 saturated heterocycles. The fraction of sp³-hybridized carbons (Fsp3) is 0.955. The molecule has 3 N–H and O–H groups in total. The molecule has 1 amide bonds. The molecule has 0 bridgehead atoms. The number of rotatable bonds is 3. The van der Waals surface area contributed by atoms with Gasteiger partial charge in [0, 0.05) is 56.8 Å². The van der Waals surface area contributed by atoms with E-state index in [-0.39, 0.29) is 30.0 Å². The van der Waals surface area contributed by atoms with Gasteiger partial charge in [-0.15, -0.1) is 0 Å². The highest BCUT2D eigenvalue weighted by molar-refractivity contribution is 5.82. The van der Waals surface area contributed by atoms with Crippen molar-refractivity contribution in [2.75, 3.05) is 32.7 Å². The second-order valence-electron chi connectivity index (χ2n) is 10.2. The summed E-state index contributed by atoms with van der Waals surface area (Å²) in [7, 11) is 0. The number of hydrogen-bond donors (Lipinski definition) is 3. The summed E-state index contributed by atoms with van der Waals surface area (Å²) < 4.78 is 14.4. The number of alkyl halides is 1. The van der Waals surface area contributed by atoms with Gasteiger partial charge in [0.15, 0.2) is 0 Å². The minimum absolute atomic E-state index is 0.0174. The van der Waals surface area contributed by atoms with Crippen molar-refractivity contribution in [1.29, 1.82) is 0 Å². The van der Waals surface area contributed by atoms with Crippen LogP contribution in [0.25, 0.3) is 0 Å².